The Morgan fingerprint density at radius 3 is 1.76 bits per heavy atom. The van der Waals surface area contributed by atoms with E-state index in [1.807, 2.05) is 11.9 Å². The summed E-state index contributed by atoms with van der Waals surface area (Å²) in [6.07, 6.45) is 7.53. The number of unbranched alkanes of at least 4 members (excludes halogenated alkanes) is 2. The van der Waals surface area contributed by atoms with Crippen molar-refractivity contribution < 1.29 is 0 Å². The van der Waals surface area contributed by atoms with Crippen LogP contribution in [-0.4, -0.2) is 17.4 Å². The van der Waals surface area contributed by atoms with Crippen molar-refractivity contribution in [3.63, 3.8) is 0 Å². The Kier molecular flexibility index (Phi) is 9.14. The van der Waals surface area contributed by atoms with Gasteiger partial charge >= 0.3 is 0 Å². The molecule has 0 aromatic heterocycles. The lowest BCUT2D eigenvalue weighted by Gasteiger charge is -2.19. The Morgan fingerprint density at radius 1 is 0.680 bits per heavy atom. The standard InChI is InChI=1S/C23H33NS/c1-4-7-8-9-20-10-12-21(13-11-20)22-14-16-23(17-15-22)25-24(18-5-2)19-6-3/h10-17H,4-9,18-19H2,1-3H3. The zero-order chi connectivity index (χ0) is 17.9. The summed E-state index contributed by atoms with van der Waals surface area (Å²) in [6, 6.07) is 18.1. The summed E-state index contributed by atoms with van der Waals surface area (Å²) in [5, 5.41) is 0. The first-order chi connectivity index (χ1) is 12.3. The average Bonchev–Trinajstić information content (AvgIpc) is 2.64. The highest BCUT2D eigenvalue weighted by Crippen LogP contribution is 2.27. The minimum Gasteiger partial charge on any atom is -0.246 e. The molecule has 25 heavy (non-hydrogen) atoms. The van der Waals surface area contributed by atoms with E-state index in [-0.39, 0.29) is 0 Å². The van der Waals surface area contributed by atoms with Gasteiger partial charge in [0, 0.05) is 18.0 Å². The molecule has 0 N–H and O–H groups in total. The van der Waals surface area contributed by atoms with Crippen molar-refractivity contribution in [3.8, 4) is 11.1 Å². The van der Waals surface area contributed by atoms with Crippen molar-refractivity contribution in [1.29, 1.82) is 0 Å². The Balaban J connectivity index is 1.96. The van der Waals surface area contributed by atoms with Crippen molar-refractivity contribution in [2.24, 2.45) is 0 Å². The van der Waals surface area contributed by atoms with Gasteiger partial charge in [-0.3, -0.25) is 0 Å². The molecule has 0 aliphatic rings. The van der Waals surface area contributed by atoms with E-state index in [4.69, 9.17) is 0 Å². The third kappa shape index (κ3) is 6.87. The maximum Gasteiger partial charge on any atom is 0.0230 e. The second kappa shape index (κ2) is 11.4. The Bertz CT molecular complexity index is 582. The molecule has 2 rings (SSSR count). The maximum absolute atomic E-state index is 2.47. The van der Waals surface area contributed by atoms with Crippen LogP contribution in [0.5, 0.6) is 0 Å². The average molecular weight is 356 g/mol. The fraction of sp³-hybridized carbons (Fsp3) is 0.478. The van der Waals surface area contributed by atoms with Gasteiger partial charge in [-0.2, -0.15) is 0 Å². The van der Waals surface area contributed by atoms with Crippen LogP contribution in [-0.2, 0) is 6.42 Å². The predicted molar refractivity (Wildman–Crippen MR) is 113 cm³/mol. The first-order valence-corrected chi connectivity index (χ1v) is 10.7. The van der Waals surface area contributed by atoms with Gasteiger partial charge in [0.2, 0.25) is 0 Å². The quantitative estimate of drug-likeness (QED) is 0.309. The fourth-order valence-electron chi connectivity index (χ4n) is 3.00. The van der Waals surface area contributed by atoms with Crippen LogP contribution in [0.2, 0.25) is 0 Å². The molecule has 0 spiro atoms. The molecule has 0 radical (unpaired) electrons. The van der Waals surface area contributed by atoms with E-state index >= 15 is 0 Å². The molecule has 1 nitrogen and oxygen atoms in total. The lowest BCUT2D eigenvalue weighted by atomic mass is 10.0. The molecule has 0 aliphatic carbocycles. The summed E-state index contributed by atoms with van der Waals surface area (Å²) in [6.45, 7) is 9.06. The number of hydrogen-bond acceptors (Lipinski definition) is 2. The van der Waals surface area contributed by atoms with Crippen LogP contribution in [0, 0.1) is 0 Å². The van der Waals surface area contributed by atoms with Crippen LogP contribution < -0.4 is 0 Å². The lowest BCUT2D eigenvalue weighted by Crippen LogP contribution is -2.17. The van der Waals surface area contributed by atoms with Gasteiger partial charge in [-0.15, -0.1) is 0 Å². The van der Waals surface area contributed by atoms with Gasteiger partial charge in [-0.1, -0.05) is 70.0 Å². The Labute approximate surface area is 159 Å². The monoisotopic (exact) mass is 355 g/mol. The van der Waals surface area contributed by atoms with Gasteiger partial charge in [0.15, 0.2) is 0 Å². The molecule has 0 atom stereocenters. The van der Waals surface area contributed by atoms with Crippen molar-refractivity contribution in [2.75, 3.05) is 13.1 Å². The Hall–Kier alpha value is -1.25. The normalized spacial score (nSPS) is 11.2. The minimum atomic E-state index is 1.15. The van der Waals surface area contributed by atoms with Crippen molar-refractivity contribution in [3.05, 3.63) is 54.1 Å². The molecule has 0 saturated heterocycles. The van der Waals surface area contributed by atoms with E-state index in [2.05, 4.69) is 73.6 Å². The number of hydrogen-bond donors (Lipinski definition) is 0. The van der Waals surface area contributed by atoms with Crippen LogP contribution in [0.15, 0.2) is 53.4 Å². The number of nitrogens with zero attached hydrogens (tertiary/aromatic N) is 1. The minimum absolute atomic E-state index is 1.15. The summed E-state index contributed by atoms with van der Waals surface area (Å²) in [5.41, 5.74) is 4.08. The zero-order valence-electron chi connectivity index (χ0n) is 16.1. The molecule has 2 heteroatoms. The van der Waals surface area contributed by atoms with Gasteiger partial charge in [0.05, 0.1) is 0 Å². The number of aryl methyl sites for hydroxylation is 1. The molecule has 0 fully saturated rings. The third-order valence-corrected chi connectivity index (χ3v) is 5.50. The Morgan fingerprint density at radius 2 is 1.24 bits per heavy atom. The highest BCUT2D eigenvalue weighted by molar-refractivity contribution is 7.97. The second-order valence-corrected chi connectivity index (χ2v) is 7.87. The van der Waals surface area contributed by atoms with Crippen LogP contribution in [0.4, 0.5) is 0 Å². The first kappa shape index (κ1) is 20.1. The summed E-state index contributed by atoms with van der Waals surface area (Å²) < 4.78 is 2.47. The molecular formula is C23H33NS. The molecule has 0 amide bonds. The van der Waals surface area contributed by atoms with E-state index in [0.717, 1.165) is 13.1 Å². The third-order valence-electron chi connectivity index (χ3n) is 4.39. The van der Waals surface area contributed by atoms with Crippen LogP contribution in [0.3, 0.4) is 0 Å². The molecule has 0 bridgehead atoms. The topological polar surface area (TPSA) is 3.24 Å². The van der Waals surface area contributed by atoms with E-state index in [1.165, 1.54) is 60.1 Å². The van der Waals surface area contributed by atoms with Gasteiger partial charge < -0.3 is 0 Å². The highest BCUT2D eigenvalue weighted by atomic mass is 32.2. The molecular weight excluding hydrogens is 322 g/mol. The number of benzene rings is 2. The smallest absolute Gasteiger partial charge is 0.0230 e. The fourth-order valence-corrected chi connectivity index (χ4v) is 4.11. The van der Waals surface area contributed by atoms with Crippen molar-refractivity contribution in [1.82, 2.24) is 4.31 Å². The summed E-state index contributed by atoms with van der Waals surface area (Å²) in [5.74, 6) is 0. The van der Waals surface area contributed by atoms with Crippen LogP contribution in [0.1, 0.15) is 58.4 Å². The molecule has 0 heterocycles. The summed E-state index contributed by atoms with van der Waals surface area (Å²) in [7, 11) is 0. The van der Waals surface area contributed by atoms with E-state index in [1.54, 1.807) is 0 Å². The van der Waals surface area contributed by atoms with E-state index < -0.39 is 0 Å². The van der Waals surface area contributed by atoms with Crippen molar-refractivity contribution in [2.45, 2.75) is 64.2 Å². The van der Waals surface area contributed by atoms with Gasteiger partial charge in [-0.05, 0) is 66.5 Å². The predicted octanol–water partition coefficient (Wildman–Crippen LogP) is 7.22. The van der Waals surface area contributed by atoms with E-state index in [9.17, 15) is 0 Å². The lowest BCUT2D eigenvalue weighted by molar-refractivity contribution is 0.467. The van der Waals surface area contributed by atoms with E-state index in [0.29, 0.717) is 0 Å². The highest BCUT2D eigenvalue weighted by Gasteiger charge is 2.06. The summed E-state index contributed by atoms with van der Waals surface area (Å²) in [4.78, 5) is 1.34. The SMILES string of the molecule is CCCCCc1ccc(-c2ccc(SN(CCC)CCC)cc2)cc1. The van der Waals surface area contributed by atoms with Gasteiger partial charge in [0.1, 0.15) is 0 Å². The van der Waals surface area contributed by atoms with Crippen LogP contribution >= 0.6 is 11.9 Å². The van der Waals surface area contributed by atoms with Crippen molar-refractivity contribution >= 4 is 11.9 Å². The van der Waals surface area contributed by atoms with Crippen LogP contribution in [0.25, 0.3) is 11.1 Å². The zero-order valence-corrected chi connectivity index (χ0v) is 16.9. The molecule has 0 unspecified atom stereocenters. The van der Waals surface area contributed by atoms with Gasteiger partial charge in [0.25, 0.3) is 0 Å². The molecule has 136 valence electrons. The van der Waals surface area contributed by atoms with Gasteiger partial charge in [-0.25, -0.2) is 4.31 Å². The maximum atomic E-state index is 2.47. The first-order valence-electron chi connectivity index (χ1n) is 9.89. The molecule has 2 aromatic rings. The second-order valence-electron chi connectivity index (χ2n) is 6.70. The molecule has 0 aliphatic heterocycles. The molecule has 0 saturated carbocycles. The summed E-state index contributed by atoms with van der Waals surface area (Å²) >= 11 is 1.89. The number of rotatable bonds is 11. The largest absolute Gasteiger partial charge is 0.246 e. The molecule has 2 aromatic carbocycles.